The molecule has 1 N–H and O–H groups in total. The Labute approximate surface area is 122 Å². The predicted molar refractivity (Wildman–Crippen MR) is 70.5 cm³/mol. The maximum Gasteiger partial charge on any atom is 0.573 e. The van der Waals surface area contributed by atoms with E-state index in [2.05, 4.69) is 4.74 Å². The van der Waals surface area contributed by atoms with E-state index in [0.29, 0.717) is 16.1 Å². The molecule has 0 heterocycles. The summed E-state index contributed by atoms with van der Waals surface area (Å²) in [7, 11) is 0. The van der Waals surface area contributed by atoms with Crippen LogP contribution in [0, 0.1) is 0 Å². The third kappa shape index (κ3) is 3.88. The number of carbonyl (C=O) groups is 1. The van der Waals surface area contributed by atoms with Crippen molar-refractivity contribution in [3.8, 4) is 16.9 Å². The van der Waals surface area contributed by atoms with Gasteiger partial charge in [-0.15, -0.1) is 13.2 Å². The molecule has 2 aromatic carbocycles. The number of halogens is 4. The molecule has 7 heteroatoms. The van der Waals surface area contributed by atoms with Crippen LogP contribution in [0.25, 0.3) is 11.1 Å². The van der Waals surface area contributed by atoms with Crippen LogP contribution < -0.4 is 4.74 Å². The van der Waals surface area contributed by atoms with Crippen LogP contribution in [-0.2, 0) is 0 Å². The van der Waals surface area contributed by atoms with Gasteiger partial charge < -0.3 is 9.84 Å². The number of carboxylic acid groups (broad SMARTS) is 1. The van der Waals surface area contributed by atoms with Gasteiger partial charge in [0.05, 0.1) is 5.56 Å². The van der Waals surface area contributed by atoms with Crippen molar-refractivity contribution < 1.29 is 27.8 Å². The molecule has 0 aromatic heterocycles. The molecule has 0 atom stereocenters. The van der Waals surface area contributed by atoms with Gasteiger partial charge in [-0.2, -0.15) is 0 Å². The van der Waals surface area contributed by atoms with Gasteiger partial charge in [-0.05, 0) is 41.5 Å². The molecular formula is C14H8ClF3O3. The summed E-state index contributed by atoms with van der Waals surface area (Å²) in [6.45, 7) is 0. The van der Waals surface area contributed by atoms with E-state index >= 15 is 0 Å². The molecule has 0 bridgehead atoms. The van der Waals surface area contributed by atoms with Crippen molar-refractivity contribution in [3.63, 3.8) is 0 Å². The zero-order valence-corrected chi connectivity index (χ0v) is 11.1. The molecule has 21 heavy (non-hydrogen) atoms. The van der Waals surface area contributed by atoms with Crippen LogP contribution in [-0.4, -0.2) is 17.4 Å². The van der Waals surface area contributed by atoms with Crippen molar-refractivity contribution in [2.24, 2.45) is 0 Å². The van der Waals surface area contributed by atoms with E-state index in [1.165, 1.54) is 30.3 Å². The molecule has 0 saturated carbocycles. The Bertz CT molecular complexity index is 666. The molecule has 0 saturated heterocycles. The minimum Gasteiger partial charge on any atom is -0.478 e. The third-order valence-electron chi connectivity index (χ3n) is 2.61. The van der Waals surface area contributed by atoms with Crippen molar-refractivity contribution in [3.05, 3.63) is 53.1 Å². The normalized spacial score (nSPS) is 11.2. The maximum atomic E-state index is 12.1. The van der Waals surface area contributed by atoms with Gasteiger partial charge in [0, 0.05) is 5.02 Å². The summed E-state index contributed by atoms with van der Waals surface area (Å²) in [4.78, 5) is 11.1. The largest absolute Gasteiger partial charge is 0.573 e. The molecule has 3 nitrogen and oxygen atoms in total. The Hall–Kier alpha value is -2.21. The highest BCUT2D eigenvalue weighted by Crippen LogP contribution is 2.30. The van der Waals surface area contributed by atoms with Gasteiger partial charge in [-0.3, -0.25) is 0 Å². The van der Waals surface area contributed by atoms with Gasteiger partial charge in [0.15, 0.2) is 0 Å². The highest BCUT2D eigenvalue weighted by atomic mass is 35.5. The van der Waals surface area contributed by atoms with Gasteiger partial charge in [-0.25, -0.2) is 4.79 Å². The maximum absolute atomic E-state index is 12.1. The lowest BCUT2D eigenvalue weighted by molar-refractivity contribution is -0.274. The second-order valence-electron chi connectivity index (χ2n) is 4.07. The minimum atomic E-state index is -4.77. The molecule has 0 aliphatic heterocycles. The van der Waals surface area contributed by atoms with Crippen molar-refractivity contribution in [1.82, 2.24) is 0 Å². The highest BCUT2D eigenvalue weighted by Gasteiger charge is 2.31. The van der Waals surface area contributed by atoms with E-state index in [1.54, 1.807) is 0 Å². The van der Waals surface area contributed by atoms with Gasteiger partial charge in [-0.1, -0.05) is 23.7 Å². The number of benzene rings is 2. The summed E-state index contributed by atoms with van der Waals surface area (Å²) in [6.07, 6.45) is -4.77. The van der Waals surface area contributed by atoms with Crippen LogP contribution in [0.4, 0.5) is 13.2 Å². The Morgan fingerprint density at radius 2 is 1.71 bits per heavy atom. The van der Waals surface area contributed by atoms with Crippen LogP contribution in [0.1, 0.15) is 10.4 Å². The van der Waals surface area contributed by atoms with Gasteiger partial charge in [0.25, 0.3) is 0 Å². The topological polar surface area (TPSA) is 46.5 Å². The molecule has 0 unspecified atom stereocenters. The summed E-state index contributed by atoms with van der Waals surface area (Å²) in [6, 6.07) is 9.07. The fraction of sp³-hybridized carbons (Fsp3) is 0.0714. The minimum absolute atomic E-state index is 0.00360. The molecule has 2 aromatic rings. The Balaban J connectivity index is 2.39. The molecular weight excluding hydrogens is 309 g/mol. The number of hydrogen-bond donors (Lipinski definition) is 1. The fourth-order valence-corrected chi connectivity index (χ4v) is 1.95. The van der Waals surface area contributed by atoms with Crippen molar-refractivity contribution in [1.29, 1.82) is 0 Å². The van der Waals surface area contributed by atoms with Crippen LogP contribution in [0.2, 0.25) is 5.02 Å². The number of alkyl halides is 3. The number of aromatic carboxylic acids is 1. The summed E-state index contributed by atoms with van der Waals surface area (Å²) < 4.78 is 40.0. The van der Waals surface area contributed by atoms with E-state index in [1.807, 2.05) is 0 Å². The Morgan fingerprint density at radius 1 is 1.10 bits per heavy atom. The SMILES string of the molecule is O=C(O)c1ccc(Cl)cc1-c1ccc(OC(F)(F)F)cc1. The average Bonchev–Trinajstić information content (AvgIpc) is 2.37. The number of carboxylic acids is 1. The van der Waals surface area contributed by atoms with Crippen LogP contribution in [0.3, 0.4) is 0 Å². The lowest BCUT2D eigenvalue weighted by atomic mass is 10.00. The summed E-state index contributed by atoms with van der Waals surface area (Å²) in [5.41, 5.74) is 0.738. The fourth-order valence-electron chi connectivity index (χ4n) is 1.78. The summed E-state index contributed by atoms with van der Waals surface area (Å²) in [5, 5.41) is 9.43. The molecule has 110 valence electrons. The molecule has 0 aliphatic rings. The molecule has 0 spiro atoms. The zero-order chi connectivity index (χ0) is 15.6. The first-order chi connectivity index (χ1) is 9.76. The zero-order valence-electron chi connectivity index (χ0n) is 10.3. The van der Waals surface area contributed by atoms with Gasteiger partial charge in [0.2, 0.25) is 0 Å². The Kier molecular flexibility index (Phi) is 4.09. The second kappa shape index (κ2) is 5.65. The lowest BCUT2D eigenvalue weighted by Gasteiger charge is -2.10. The van der Waals surface area contributed by atoms with Crippen LogP contribution >= 0.6 is 11.6 Å². The van der Waals surface area contributed by atoms with E-state index in [9.17, 15) is 18.0 Å². The molecule has 0 radical (unpaired) electrons. The van der Waals surface area contributed by atoms with E-state index in [-0.39, 0.29) is 11.3 Å². The summed E-state index contributed by atoms with van der Waals surface area (Å²) in [5.74, 6) is -1.54. The quantitative estimate of drug-likeness (QED) is 0.900. The molecule has 0 fully saturated rings. The van der Waals surface area contributed by atoms with Crippen molar-refractivity contribution in [2.45, 2.75) is 6.36 Å². The van der Waals surface area contributed by atoms with Gasteiger partial charge >= 0.3 is 12.3 Å². The smallest absolute Gasteiger partial charge is 0.478 e. The molecule has 2 rings (SSSR count). The first-order valence-electron chi connectivity index (χ1n) is 5.65. The lowest BCUT2D eigenvalue weighted by Crippen LogP contribution is -2.16. The average molecular weight is 317 g/mol. The predicted octanol–water partition coefficient (Wildman–Crippen LogP) is 4.60. The third-order valence-corrected chi connectivity index (χ3v) is 2.85. The first-order valence-corrected chi connectivity index (χ1v) is 6.03. The van der Waals surface area contributed by atoms with E-state index < -0.39 is 12.3 Å². The molecule has 0 aliphatic carbocycles. The van der Waals surface area contributed by atoms with Crippen molar-refractivity contribution >= 4 is 17.6 Å². The van der Waals surface area contributed by atoms with E-state index in [0.717, 1.165) is 12.1 Å². The Morgan fingerprint density at radius 3 is 2.24 bits per heavy atom. The summed E-state index contributed by atoms with van der Waals surface area (Å²) >= 11 is 5.82. The van der Waals surface area contributed by atoms with Crippen LogP contribution in [0.15, 0.2) is 42.5 Å². The van der Waals surface area contributed by atoms with E-state index in [4.69, 9.17) is 16.7 Å². The molecule has 0 amide bonds. The monoisotopic (exact) mass is 316 g/mol. The highest BCUT2D eigenvalue weighted by molar-refractivity contribution is 6.31. The first kappa shape index (κ1) is 15.2. The number of ether oxygens (including phenoxy) is 1. The number of rotatable bonds is 3. The second-order valence-corrected chi connectivity index (χ2v) is 4.50. The van der Waals surface area contributed by atoms with Crippen LogP contribution in [0.5, 0.6) is 5.75 Å². The number of hydrogen-bond acceptors (Lipinski definition) is 2. The van der Waals surface area contributed by atoms with Gasteiger partial charge in [0.1, 0.15) is 5.75 Å². The van der Waals surface area contributed by atoms with Crippen molar-refractivity contribution in [2.75, 3.05) is 0 Å². The standard InChI is InChI=1S/C14H8ClF3O3/c15-9-3-6-11(13(19)20)12(7-9)8-1-4-10(5-2-8)21-14(16,17)18/h1-7H,(H,19,20).